The summed E-state index contributed by atoms with van der Waals surface area (Å²) in [6.07, 6.45) is 1.81. The van der Waals surface area contributed by atoms with Gasteiger partial charge in [0.05, 0.1) is 0 Å². The molecule has 5 heteroatoms. The van der Waals surface area contributed by atoms with Crippen molar-refractivity contribution >= 4 is 11.9 Å². The van der Waals surface area contributed by atoms with E-state index in [1.807, 2.05) is 52.3 Å². The van der Waals surface area contributed by atoms with Crippen LogP contribution in [-0.4, -0.2) is 40.9 Å². The Hall–Kier alpha value is -2.82. The first-order valence-electron chi connectivity index (χ1n) is 9.17. The molecule has 4 rings (SSSR count). The van der Waals surface area contributed by atoms with Crippen molar-refractivity contribution < 1.29 is 9.59 Å². The van der Waals surface area contributed by atoms with E-state index in [1.54, 1.807) is 0 Å². The number of amides is 3. The zero-order valence-corrected chi connectivity index (χ0v) is 14.7. The van der Waals surface area contributed by atoms with Gasteiger partial charge < -0.3 is 15.1 Å². The summed E-state index contributed by atoms with van der Waals surface area (Å²) < 4.78 is 0. The van der Waals surface area contributed by atoms with E-state index in [9.17, 15) is 9.59 Å². The number of carbonyl (C=O) groups excluding carboxylic acids is 2. The van der Waals surface area contributed by atoms with E-state index < -0.39 is 0 Å². The van der Waals surface area contributed by atoms with Crippen LogP contribution >= 0.6 is 0 Å². The van der Waals surface area contributed by atoms with Crippen molar-refractivity contribution in [3.63, 3.8) is 0 Å². The zero-order valence-electron chi connectivity index (χ0n) is 14.7. The summed E-state index contributed by atoms with van der Waals surface area (Å²) in [5.74, 6) is 0.0399. The molecule has 0 saturated carbocycles. The SMILES string of the molecule is O=C(NC1CCCN(C(=O)c2ccccc2)C1)N1Cc2ccccc2C1. The van der Waals surface area contributed by atoms with Gasteiger partial charge in [0.15, 0.2) is 0 Å². The molecule has 1 N–H and O–H groups in total. The molecule has 1 unspecified atom stereocenters. The Morgan fingerprint density at radius 3 is 2.23 bits per heavy atom. The molecular formula is C21H23N3O2. The summed E-state index contributed by atoms with van der Waals surface area (Å²) in [6, 6.07) is 17.5. The first-order valence-corrected chi connectivity index (χ1v) is 9.17. The van der Waals surface area contributed by atoms with Crippen LogP contribution in [0.1, 0.15) is 34.3 Å². The number of nitrogens with zero attached hydrogens (tertiary/aromatic N) is 2. The summed E-state index contributed by atoms with van der Waals surface area (Å²) >= 11 is 0. The first kappa shape index (κ1) is 16.6. The second kappa shape index (κ2) is 7.20. The maximum atomic E-state index is 12.6. The van der Waals surface area contributed by atoms with Gasteiger partial charge in [0.1, 0.15) is 0 Å². The van der Waals surface area contributed by atoms with Crippen LogP contribution in [0.25, 0.3) is 0 Å². The van der Waals surface area contributed by atoms with Crippen LogP contribution in [0.15, 0.2) is 54.6 Å². The first-order chi connectivity index (χ1) is 12.7. The van der Waals surface area contributed by atoms with Gasteiger partial charge in [-0.25, -0.2) is 4.79 Å². The number of urea groups is 1. The lowest BCUT2D eigenvalue weighted by molar-refractivity contribution is 0.0694. The number of hydrogen-bond donors (Lipinski definition) is 1. The van der Waals surface area contributed by atoms with Crippen molar-refractivity contribution in [2.45, 2.75) is 32.0 Å². The molecule has 0 bridgehead atoms. The topological polar surface area (TPSA) is 52.7 Å². The number of carbonyl (C=O) groups is 2. The molecule has 0 aliphatic carbocycles. The summed E-state index contributed by atoms with van der Waals surface area (Å²) in [4.78, 5) is 29.0. The van der Waals surface area contributed by atoms with Gasteiger partial charge >= 0.3 is 6.03 Å². The molecule has 1 atom stereocenters. The Morgan fingerprint density at radius 1 is 0.885 bits per heavy atom. The third kappa shape index (κ3) is 3.43. The van der Waals surface area contributed by atoms with Gasteiger partial charge in [-0.3, -0.25) is 4.79 Å². The highest BCUT2D eigenvalue weighted by Gasteiger charge is 2.28. The van der Waals surface area contributed by atoms with Crippen molar-refractivity contribution in [2.24, 2.45) is 0 Å². The van der Waals surface area contributed by atoms with Crippen LogP contribution in [0.4, 0.5) is 4.79 Å². The van der Waals surface area contributed by atoms with Crippen molar-refractivity contribution in [1.82, 2.24) is 15.1 Å². The minimum atomic E-state index is -0.0415. The highest BCUT2D eigenvalue weighted by atomic mass is 16.2. The smallest absolute Gasteiger partial charge is 0.318 e. The van der Waals surface area contributed by atoms with E-state index in [-0.39, 0.29) is 18.0 Å². The van der Waals surface area contributed by atoms with Crippen molar-refractivity contribution in [3.05, 3.63) is 71.3 Å². The van der Waals surface area contributed by atoms with E-state index in [0.29, 0.717) is 25.2 Å². The lowest BCUT2D eigenvalue weighted by Gasteiger charge is -2.34. The van der Waals surface area contributed by atoms with Crippen LogP contribution in [0.2, 0.25) is 0 Å². The van der Waals surface area contributed by atoms with Gasteiger partial charge in [0, 0.05) is 37.8 Å². The van der Waals surface area contributed by atoms with Crippen LogP contribution < -0.4 is 5.32 Å². The molecule has 3 amide bonds. The maximum absolute atomic E-state index is 12.6. The second-order valence-electron chi connectivity index (χ2n) is 7.03. The minimum absolute atomic E-state index is 0.00706. The quantitative estimate of drug-likeness (QED) is 0.906. The van der Waals surface area contributed by atoms with Crippen LogP contribution in [0.5, 0.6) is 0 Å². The second-order valence-corrected chi connectivity index (χ2v) is 7.03. The average Bonchev–Trinajstić information content (AvgIpc) is 3.13. The molecule has 0 aromatic heterocycles. The molecule has 1 fully saturated rings. The van der Waals surface area contributed by atoms with Gasteiger partial charge in [-0.1, -0.05) is 42.5 Å². The lowest BCUT2D eigenvalue weighted by Crippen LogP contribution is -2.52. The third-order valence-electron chi connectivity index (χ3n) is 5.18. The summed E-state index contributed by atoms with van der Waals surface area (Å²) in [5, 5.41) is 3.13. The van der Waals surface area contributed by atoms with Gasteiger partial charge in [-0.2, -0.15) is 0 Å². The van der Waals surface area contributed by atoms with E-state index >= 15 is 0 Å². The number of rotatable bonds is 2. The zero-order chi connectivity index (χ0) is 17.9. The van der Waals surface area contributed by atoms with E-state index in [2.05, 4.69) is 17.4 Å². The molecule has 0 radical (unpaired) electrons. The Kier molecular flexibility index (Phi) is 4.61. The van der Waals surface area contributed by atoms with Crippen molar-refractivity contribution in [3.8, 4) is 0 Å². The van der Waals surface area contributed by atoms with Crippen molar-refractivity contribution in [2.75, 3.05) is 13.1 Å². The fourth-order valence-corrected chi connectivity index (χ4v) is 3.79. The van der Waals surface area contributed by atoms with Crippen LogP contribution in [0.3, 0.4) is 0 Å². The Balaban J connectivity index is 1.35. The standard InChI is InChI=1S/C21H23N3O2/c25-20(16-7-2-1-3-8-16)23-12-6-11-19(15-23)22-21(26)24-13-17-9-4-5-10-18(17)14-24/h1-5,7-10,19H,6,11-15H2,(H,22,26). The number of hydrogen-bond acceptors (Lipinski definition) is 2. The minimum Gasteiger partial charge on any atom is -0.337 e. The van der Waals surface area contributed by atoms with Crippen molar-refractivity contribution in [1.29, 1.82) is 0 Å². The number of fused-ring (bicyclic) bond motifs is 1. The normalized spacial score (nSPS) is 19.2. The summed E-state index contributed by atoms with van der Waals surface area (Å²) in [7, 11) is 0. The monoisotopic (exact) mass is 349 g/mol. The summed E-state index contributed by atoms with van der Waals surface area (Å²) in [5.41, 5.74) is 3.13. The van der Waals surface area contributed by atoms with E-state index in [4.69, 9.17) is 0 Å². The van der Waals surface area contributed by atoms with Gasteiger partial charge in [-0.15, -0.1) is 0 Å². The van der Waals surface area contributed by atoms with Crippen LogP contribution in [0, 0.1) is 0 Å². The largest absolute Gasteiger partial charge is 0.337 e. The van der Waals surface area contributed by atoms with Crippen LogP contribution in [-0.2, 0) is 13.1 Å². The molecule has 2 aromatic rings. The van der Waals surface area contributed by atoms with Gasteiger partial charge in [-0.05, 0) is 36.1 Å². The fourth-order valence-electron chi connectivity index (χ4n) is 3.79. The predicted octanol–water partition coefficient (Wildman–Crippen LogP) is 3.02. The Bertz CT molecular complexity index is 781. The molecule has 2 heterocycles. The van der Waals surface area contributed by atoms with E-state index in [0.717, 1.165) is 19.4 Å². The fraction of sp³-hybridized carbons (Fsp3) is 0.333. The molecule has 2 aliphatic heterocycles. The predicted molar refractivity (Wildman–Crippen MR) is 99.6 cm³/mol. The molecule has 2 aromatic carbocycles. The molecule has 2 aliphatic rings. The van der Waals surface area contributed by atoms with Gasteiger partial charge in [0.2, 0.25) is 0 Å². The number of nitrogens with one attached hydrogen (secondary N) is 1. The molecule has 134 valence electrons. The number of benzene rings is 2. The lowest BCUT2D eigenvalue weighted by atomic mass is 10.0. The third-order valence-corrected chi connectivity index (χ3v) is 5.18. The van der Waals surface area contributed by atoms with E-state index in [1.165, 1.54) is 11.1 Å². The molecule has 26 heavy (non-hydrogen) atoms. The number of likely N-dealkylation sites (tertiary alicyclic amines) is 1. The number of piperidine rings is 1. The Labute approximate surface area is 153 Å². The van der Waals surface area contributed by atoms with Gasteiger partial charge in [0.25, 0.3) is 5.91 Å². The summed E-state index contributed by atoms with van der Waals surface area (Å²) in [6.45, 7) is 2.62. The molecule has 1 saturated heterocycles. The highest BCUT2D eigenvalue weighted by Crippen LogP contribution is 2.22. The molecule has 0 spiro atoms. The average molecular weight is 349 g/mol. The maximum Gasteiger partial charge on any atom is 0.318 e. The molecule has 5 nitrogen and oxygen atoms in total. The highest BCUT2D eigenvalue weighted by molar-refractivity contribution is 5.94. The Morgan fingerprint density at radius 2 is 1.54 bits per heavy atom. The molecular weight excluding hydrogens is 326 g/mol.